The maximum atomic E-state index is 13.0. The van der Waals surface area contributed by atoms with Gasteiger partial charge >= 0.3 is 0 Å². The first-order valence-corrected chi connectivity index (χ1v) is 8.69. The molecule has 1 saturated carbocycles. The van der Waals surface area contributed by atoms with E-state index in [9.17, 15) is 4.79 Å². The zero-order valence-electron chi connectivity index (χ0n) is 14.3. The fourth-order valence-electron chi connectivity index (χ4n) is 3.06. The van der Waals surface area contributed by atoms with Crippen LogP contribution < -0.4 is 5.73 Å². The van der Waals surface area contributed by atoms with Crippen molar-refractivity contribution in [3.63, 3.8) is 0 Å². The van der Waals surface area contributed by atoms with Gasteiger partial charge in [0.05, 0.1) is 10.4 Å². The monoisotopic (exact) mass is 312 g/mol. The Morgan fingerprint density at radius 3 is 1.90 bits per heavy atom. The van der Waals surface area contributed by atoms with E-state index in [1.807, 2.05) is 4.90 Å². The number of thiocarbonyl (C=S) groups is 1. The van der Waals surface area contributed by atoms with Crippen LogP contribution in [0.3, 0.4) is 0 Å². The van der Waals surface area contributed by atoms with E-state index in [0.29, 0.717) is 22.7 Å². The maximum absolute atomic E-state index is 13.0. The van der Waals surface area contributed by atoms with Gasteiger partial charge in [0, 0.05) is 13.1 Å². The average molecular weight is 313 g/mol. The van der Waals surface area contributed by atoms with E-state index in [0.717, 1.165) is 38.8 Å². The number of amides is 1. The Labute approximate surface area is 135 Å². The third-order valence-corrected chi connectivity index (χ3v) is 4.91. The van der Waals surface area contributed by atoms with Crippen molar-refractivity contribution in [3.8, 4) is 0 Å². The van der Waals surface area contributed by atoms with Crippen LogP contribution in [-0.4, -0.2) is 28.9 Å². The number of hydrogen-bond acceptors (Lipinski definition) is 2. The molecule has 0 saturated heterocycles. The van der Waals surface area contributed by atoms with Gasteiger partial charge in [-0.25, -0.2) is 0 Å². The van der Waals surface area contributed by atoms with Gasteiger partial charge in [-0.3, -0.25) is 4.79 Å². The van der Waals surface area contributed by atoms with E-state index in [1.165, 1.54) is 0 Å². The van der Waals surface area contributed by atoms with Gasteiger partial charge < -0.3 is 10.6 Å². The predicted octanol–water partition coefficient (Wildman–Crippen LogP) is 3.61. The smallest absolute Gasteiger partial charge is 0.235 e. The molecule has 0 aromatic rings. The first kappa shape index (κ1) is 18.4. The van der Waals surface area contributed by atoms with Crippen molar-refractivity contribution in [2.45, 2.75) is 60.3 Å². The van der Waals surface area contributed by atoms with E-state index in [1.54, 1.807) is 0 Å². The van der Waals surface area contributed by atoms with Crippen LogP contribution in [0.2, 0.25) is 0 Å². The van der Waals surface area contributed by atoms with Gasteiger partial charge in [-0.15, -0.1) is 0 Å². The van der Waals surface area contributed by atoms with Crippen molar-refractivity contribution in [1.29, 1.82) is 0 Å². The summed E-state index contributed by atoms with van der Waals surface area (Å²) in [7, 11) is 0. The number of carbonyl (C=O) groups excluding carboxylic acids is 1. The van der Waals surface area contributed by atoms with Crippen molar-refractivity contribution in [1.82, 2.24) is 4.90 Å². The molecular formula is C17H32N2OS. The number of carbonyl (C=O) groups is 1. The molecule has 0 heterocycles. The van der Waals surface area contributed by atoms with Gasteiger partial charge in [-0.1, -0.05) is 46.8 Å². The Kier molecular flexibility index (Phi) is 6.64. The SMILES string of the molecule is CC(C)CCN(CCC(C)C)C(=O)C1(C(N)=S)CC(C)C1. The van der Waals surface area contributed by atoms with E-state index in [2.05, 4.69) is 34.6 Å². The van der Waals surface area contributed by atoms with Gasteiger partial charge in [0.2, 0.25) is 5.91 Å². The molecule has 1 aliphatic rings. The van der Waals surface area contributed by atoms with E-state index in [4.69, 9.17) is 18.0 Å². The van der Waals surface area contributed by atoms with Crippen molar-refractivity contribution in [2.24, 2.45) is 28.9 Å². The summed E-state index contributed by atoms with van der Waals surface area (Å²) in [5, 5.41) is 0. The molecule has 4 heteroatoms. The third kappa shape index (κ3) is 4.67. The minimum Gasteiger partial charge on any atom is -0.392 e. The van der Waals surface area contributed by atoms with Crippen LogP contribution in [0, 0.1) is 23.2 Å². The lowest BCUT2D eigenvalue weighted by Gasteiger charge is -2.47. The fraction of sp³-hybridized carbons (Fsp3) is 0.882. The van der Waals surface area contributed by atoms with Crippen LogP contribution in [-0.2, 0) is 4.79 Å². The van der Waals surface area contributed by atoms with E-state index in [-0.39, 0.29) is 5.91 Å². The number of nitrogens with two attached hydrogens (primary N) is 1. The molecule has 0 aromatic heterocycles. The lowest BCUT2D eigenvalue weighted by atomic mass is 9.61. The summed E-state index contributed by atoms with van der Waals surface area (Å²) in [6.45, 7) is 12.6. The summed E-state index contributed by atoms with van der Waals surface area (Å²) in [6.07, 6.45) is 3.71. The van der Waals surface area contributed by atoms with Gasteiger partial charge in [0.25, 0.3) is 0 Å². The highest BCUT2D eigenvalue weighted by Crippen LogP contribution is 2.47. The molecule has 3 nitrogen and oxygen atoms in total. The summed E-state index contributed by atoms with van der Waals surface area (Å²) in [5.41, 5.74) is 5.38. The Morgan fingerprint density at radius 2 is 1.62 bits per heavy atom. The highest BCUT2D eigenvalue weighted by molar-refractivity contribution is 7.80. The molecule has 0 aromatic carbocycles. The highest BCUT2D eigenvalue weighted by atomic mass is 32.1. The molecule has 0 radical (unpaired) electrons. The molecule has 0 spiro atoms. The lowest BCUT2D eigenvalue weighted by molar-refractivity contribution is -0.144. The Bertz CT molecular complexity index is 361. The molecule has 1 fully saturated rings. The third-order valence-electron chi connectivity index (χ3n) is 4.51. The van der Waals surface area contributed by atoms with Crippen molar-refractivity contribution < 1.29 is 4.79 Å². The van der Waals surface area contributed by atoms with Crippen molar-refractivity contribution in [2.75, 3.05) is 13.1 Å². The summed E-state index contributed by atoms with van der Waals surface area (Å²) >= 11 is 5.23. The molecule has 0 aliphatic heterocycles. The van der Waals surface area contributed by atoms with Crippen LogP contribution in [0.25, 0.3) is 0 Å². The molecular weight excluding hydrogens is 280 g/mol. The summed E-state index contributed by atoms with van der Waals surface area (Å²) < 4.78 is 0. The Hall–Kier alpha value is -0.640. The normalized spacial score (nSPS) is 25.0. The zero-order valence-corrected chi connectivity index (χ0v) is 15.1. The van der Waals surface area contributed by atoms with E-state index >= 15 is 0 Å². The first-order valence-electron chi connectivity index (χ1n) is 8.28. The Balaban J connectivity index is 2.79. The molecule has 1 amide bonds. The number of nitrogens with zero attached hydrogens (tertiary/aromatic N) is 1. The van der Waals surface area contributed by atoms with Crippen LogP contribution in [0.15, 0.2) is 0 Å². The van der Waals surface area contributed by atoms with Crippen LogP contribution >= 0.6 is 12.2 Å². The first-order chi connectivity index (χ1) is 9.69. The van der Waals surface area contributed by atoms with Crippen LogP contribution in [0.4, 0.5) is 0 Å². The van der Waals surface area contributed by atoms with Gasteiger partial charge in [-0.05, 0) is 43.4 Å². The largest absolute Gasteiger partial charge is 0.392 e. The van der Waals surface area contributed by atoms with Gasteiger partial charge in [-0.2, -0.15) is 0 Å². The Morgan fingerprint density at radius 1 is 1.19 bits per heavy atom. The topological polar surface area (TPSA) is 46.3 Å². The molecule has 1 aliphatic carbocycles. The second kappa shape index (κ2) is 7.57. The lowest BCUT2D eigenvalue weighted by Crippen LogP contribution is -2.57. The summed E-state index contributed by atoms with van der Waals surface area (Å²) in [4.78, 5) is 15.4. The maximum Gasteiger partial charge on any atom is 0.235 e. The molecule has 0 atom stereocenters. The van der Waals surface area contributed by atoms with Crippen molar-refractivity contribution >= 4 is 23.1 Å². The molecule has 2 N–H and O–H groups in total. The molecule has 122 valence electrons. The predicted molar refractivity (Wildman–Crippen MR) is 93.1 cm³/mol. The minimum atomic E-state index is -0.553. The molecule has 0 bridgehead atoms. The highest BCUT2D eigenvalue weighted by Gasteiger charge is 2.52. The van der Waals surface area contributed by atoms with E-state index < -0.39 is 5.41 Å². The zero-order chi connectivity index (χ0) is 16.2. The second-order valence-electron chi connectivity index (χ2n) is 7.62. The van der Waals surface area contributed by atoms with Crippen LogP contribution in [0.5, 0.6) is 0 Å². The number of hydrogen-bond donors (Lipinski definition) is 1. The van der Waals surface area contributed by atoms with Crippen molar-refractivity contribution in [3.05, 3.63) is 0 Å². The average Bonchev–Trinajstić information content (AvgIpc) is 2.33. The number of rotatable bonds is 8. The fourth-order valence-corrected chi connectivity index (χ4v) is 3.31. The quantitative estimate of drug-likeness (QED) is 0.696. The van der Waals surface area contributed by atoms with Crippen LogP contribution in [0.1, 0.15) is 60.3 Å². The molecule has 0 unspecified atom stereocenters. The molecule has 21 heavy (non-hydrogen) atoms. The standard InChI is InChI=1S/C17H32N2OS/c1-12(2)6-8-19(9-7-13(3)4)16(20)17(15(18)21)10-14(5)11-17/h12-14H,6-11H2,1-5H3,(H2,18,21). The second-order valence-corrected chi connectivity index (χ2v) is 8.06. The summed E-state index contributed by atoms with van der Waals surface area (Å²) in [6, 6.07) is 0. The summed E-state index contributed by atoms with van der Waals surface area (Å²) in [5.74, 6) is 1.92. The van der Waals surface area contributed by atoms with Gasteiger partial charge in [0.1, 0.15) is 0 Å². The molecule has 1 rings (SSSR count). The minimum absolute atomic E-state index is 0.175. The van der Waals surface area contributed by atoms with Gasteiger partial charge in [0.15, 0.2) is 0 Å².